The lowest BCUT2D eigenvalue weighted by atomic mass is 9.91. The van der Waals surface area contributed by atoms with Gasteiger partial charge in [0.2, 0.25) is 0 Å². The number of hydrogen-bond donors (Lipinski definition) is 1. The molecule has 0 amide bonds. The number of nitrogens with one attached hydrogen (secondary N) is 1. The molecule has 1 aromatic heterocycles. The molecular formula is C14H16BrN. The summed E-state index contributed by atoms with van der Waals surface area (Å²) in [5, 5.41) is 1.41. The van der Waals surface area contributed by atoms with Crippen LogP contribution in [0.4, 0.5) is 0 Å². The smallest absolute Gasteiger partial charge is 0.0489 e. The van der Waals surface area contributed by atoms with Crippen molar-refractivity contribution in [2.75, 3.05) is 0 Å². The van der Waals surface area contributed by atoms with Crippen molar-refractivity contribution in [1.82, 2.24) is 4.98 Å². The minimum Gasteiger partial charge on any atom is -0.357 e. The van der Waals surface area contributed by atoms with E-state index in [1.807, 2.05) is 0 Å². The van der Waals surface area contributed by atoms with Gasteiger partial charge in [-0.1, -0.05) is 29.8 Å². The van der Waals surface area contributed by atoms with Gasteiger partial charge < -0.3 is 4.98 Å². The van der Waals surface area contributed by atoms with Crippen molar-refractivity contribution in [2.24, 2.45) is 0 Å². The van der Waals surface area contributed by atoms with Gasteiger partial charge >= 0.3 is 0 Å². The van der Waals surface area contributed by atoms with E-state index < -0.39 is 0 Å². The molecule has 0 unspecified atom stereocenters. The van der Waals surface area contributed by atoms with Crippen LogP contribution < -0.4 is 0 Å². The first-order chi connectivity index (χ1) is 7.49. The third-order valence-electron chi connectivity index (χ3n) is 3.85. The first-order valence-electron chi connectivity index (χ1n) is 5.80. The monoisotopic (exact) mass is 277 g/mol. The maximum absolute atomic E-state index is 3.64. The summed E-state index contributed by atoms with van der Waals surface area (Å²) >= 11 is 3.59. The molecule has 16 heavy (non-hydrogen) atoms. The Morgan fingerprint density at radius 2 is 2.06 bits per heavy atom. The molecule has 0 saturated heterocycles. The Bertz CT molecular complexity index is 578. The van der Waals surface area contributed by atoms with Crippen LogP contribution in [0, 0.1) is 6.92 Å². The SMILES string of the molecule is Cc1cc(Br)cc2c3c([nH]c12)C(C)(C)CC3. The van der Waals surface area contributed by atoms with E-state index >= 15 is 0 Å². The number of fused-ring (bicyclic) bond motifs is 3. The average molecular weight is 278 g/mol. The largest absolute Gasteiger partial charge is 0.357 e. The normalized spacial score (nSPS) is 18.0. The van der Waals surface area contributed by atoms with Gasteiger partial charge in [0, 0.05) is 26.5 Å². The molecule has 1 nitrogen and oxygen atoms in total. The molecule has 1 aliphatic carbocycles. The van der Waals surface area contributed by atoms with Crippen LogP contribution in [0.25, 0.3) is 10.9 Å². The first-order valence-corrected chi connectivity index (χ1v) is 6.59. The van der Waals surface area contributed by atoms with Crippen molar-refractivity contribution in [3.63, 3.8) is 0 Å². The molecule has 0 aliphatic heterocycles. The fraction of sp³-hybridized carbons (Fsp3) is 0.429. The fourth-order valence-electron chi connectivity index (χ4n) is 2.88. The summed E-state index contributed by atoms with van der Waals surface area (Å²) in [6, 6.07) is 4.43. The zero-order valence-electron chi connectivity index (χ0n) is 9.95. The standard InChI is InChI=1S/C14H16BrN/c1-8-6-9(15)7-11-10-4-5-14(2,3)13(10)16-12(8)11/h6-7,16H,4-5H2,1-3H3. The van der Waals surface area contributed by atoms with Crippen LogP contribution in [0.15, 0.2) is 16.6 Å². The number of aromatic amines is 1. The van der Waals surface area contributed by atoms with E-state index in [0.717, 1.165) is 0 Å². The minimum absolute atomic E-state index is 0.313. The summed E-state index contributed by atoms with van der Waals surface area (Å²) < 4.78 is 1.18. The maximum atomic E-state index is 3.64. The molecule has 2 aromatic rings. The van der Waals surface area contributed by atoms with E-state index in [2.05, 4.69) is 53.8 Å². The van der Waals surface area contributed by atoms with E-state index in [-0.39, 0.29) is 0 Å². The van der Waals surface area contributed by atoms with Gasteiger partial charge in [0.05, 0.1) is 0 Å². The zero-order valence-corrected chi connectivity index (χ0v) is 11.5. The lowest BCUT2D eigenvalue weighted by Crippen LogP contribution is -2.12. The average Bonchev–Trinajstić information content (AvgIpc) is 2.66. The van der Waals surface area contributed by atoms with Crippen LogP contribution in [0.3, 0.4) is 0 Å². The molecule has 1 heterocycles. The third-order valence-corrected chi connectivity index (χ3v) is 4.31. The molecule has 0 saturated carbocycles. The molecule has 1 aliphatic rings. The van der Waals surface area contributed by atoms with Crippen molar-refractivity contribution in [1.29, 1.82) is 0 Å². The van der Waals surface area contributed by atoms with Crippen molar-refractivity contribution in [3.05, 3.63) is 33.4 Å². The highest BCUT2D eigenvalue weighted by Crippen LogP contribution is 2.42. The predicted octanol–water partition coefficient (Wildman–Crippen LogP) is 4.46. The van der Waals surface area contributed by atoms with E-state index in [1.165, 1.54) is 45.0 Å². The van der Waals surface area contributed by atoms with Gasteiger partial charge in [-0.2, -0.15) is 0 Å². The van der Waals surface area contributed by atoms with Gasteiger partial charge in [0.15, 0.2) is 0 Å². The Morgan fingerprint density at radius 3 is 2.81 bits per heavy atom. The predicted molar refractivity (Wildman–Crippen MR) is 72.1 cm³/mol. The van der Waals surface area contributed by atoms with Crippen molar-refractivity contribution >= 4 is 26.8 Å². The first kappa shape index (κ1) is 10.4. The van der Waals surface area contributed by atoms with E-state index in [1.54, 1.807) is 0 Å². The summed E-state index contributed by atoms with van der Waals surface area (Å²) in [5.74, 6) is 0. The second kappa shape index (κ2) is 3.13. The molecule has 1 N–H and O–H groups in total. The van der Waals surface area contributed by atoms with Gasteiger partial charge in [-0.3, -0.25) is 0 Å². The number of hydrogen-bond acceptors (Lipinski definition) is 0. The summed E-state index contributed by atoms with van der Waals surface area (Å²) in [4.78, 5) is 3.64. The molecule has 0 bridgehead atoms. The second-order valence-electron chi connectivity index (χ2n) is 5.51. The maximum Gasteiger partial charge on any atom is 0.0489 e. The molecule has 84 valence electrons. The molecule has 0 atom stereocenters. The summed E-state index contributed by atoms with van der Waals surface area (Å²) in [6.45, 7) is 6.84. The van der Waals surface area contributed by atoms with Gasteiger partial charge in [-0.05, 0) is 43.0 Å². The van der Waals surface area contributed by atoms with Gasteiger partial charge in [-0.15, -0.1) is 0 Å². The Kier molecular flexibility index (Phi) is 2.03. The number of H-pyrrole nitrogens is 1. The summed E-state index contributed by atoms with van der Waals surface area (Å²) in [7, 11) is 0. The van der Waals surface area contributed by atoms with Crippen LogP contribution in [0.1, 0.15) is 37.1 Å². The Morgan fingerprint density at radius 1 is 1.31 bits per heavy atom. The Balaban J connectivity index is 2.40. The van der Waals surface area contributed by atoms with E-state index in [9.17, 15) is 0 Å². The summed E-state index contributed by atoms with van der Waals surface area (Å²) in [5.41, 5.74) is 5.94. The quantitative estimate of drug-likeness (QED) is 0.732. The van der Waals surface area contributed by atoms with Crippen LogP contribution in [0.5, 0.6) is 0 Å². The molecule has 0 fully saturated rings. The topological polar surface area (TPSA) is 15.8 Å². The van der Waals surface area contributed by atoms with Gasteiger partial charge in [-0.25, -0.2) is 0 Å². The highest BCUT2D eigenvalue weighted by Gasteiger charge is 2.33. The number of rotatable bonds is 0. The van der Waals surface area contributed by atoms with Crippen LogP contribution in [-0.2, 0) is 11.8 Å². The molecule has 2 heteroatoms. The zero-order chi connectivity index (χ0) is 11.5. The van der Waals surface area contributed by atoms with Crippen molar-refractivity contribution in [2.45, 2.75) is 39.0 Å². The second-order valence-corrected chi connectivity index (χ2v) is 6.42. The molecule has 0 spiro atoms. The van der Waals surface area contributed by atoms with Crippen molar-refractivity contribution < 1.29 is 0 Å². The fourth-order valence-corrected chi connectivity index (χ4v) is 3.45. The van der Waals surface area contributed by atoms with E-state index in [0.29, 0.717) is 5.41 Å². The van der Waals surface area contributed by atoms with E-state index in [4.69, 9.17) is 0 Å². The van der Waals surface area contributed by atoms with Gasteiger partial charge in [0.1, 0.15) is 0 Å². The van der Waals surface area contributed by atoms with Crippen LogP contribution >= 0.6 is 15.9 Å². The number of aryl methyl sites for hydroxylation is 2. The van der Waals surface area contributed by atoms with Crippen LogP contribution in [0.2, 0.25) is 0 Å². The molecule has 3 rings (SSSR count). The Labute approximate surface area is 104 Å². The van der Waals surface area contributed by atoms with Crippen molar-refractivity contribution in [3.8, 4) is 0 Å². The van der Waals surface area contributed by atoms with Gasteiger partial charge in [0.25, 0.3) is 0 Å². The summed E-state index contributed by atoms with van der Waals surface area (Å²) in [6.07, 6.45) is 2.47. The minimum atomic E-state index is 0.313. The lowest BCUT2D eigenvalue weighted by molar-refractivity contribution is 0.510. The number of benzene rings is 1. The highest BCUT2D eigenvalue weighted by molar-refractivity contribution is 9.10. The number of halogens is 1. The van der Waals surface area contributed by atoms with Crippen LogP contribution in [-0.4, -0.2) is 4.98 Å². The lowest BCUT2D eigenvalue weighted by Gasteiger charge is -2.16. The molecule has 1 aromatic carbocycles. The highest BCUT2D eigenvalue weighted by atomic mass is 79.9. The molecule has 0 radical (unpaired) electrons. The number of aromatic nitrogens is 1. The Hall–Kier alpha value is -0.760. The third kappa shape index (κ3) is 1.29. The molecular weight excluding hydrogens is 262 g/mol.